The van der Waals surface area contributed by atoms with Crippen LogP contribution in [0.1, 0.15) is 39.9 Å². The number of hydrogen-bond acceptors (Lipinski definition) is 4. The van der Waals surface area contributed by atoms with E-state index in [-0.39, 0.29) is 18.0 Å². The third-order valence-electron chi connectivity index (χ3n) is 6.14. The van der Waals surface area contributed by atoms with Crippen LogP contribution < -0.4 is 9.62 Å². The number of likely N-dealkylation sites (tertiary alicyclic amines) is 1. The van der Waals surface area contributed by atoms with Gasteiger partial charge in [0.2, 0.25) is 10.0 Å². The number of nitrogens with zero attached hydrogens (tertiary/aromatic N) is 2. The number of carbonyl (C=O) groups excluding carboxylic acids is 1. The molecule has 1 N–H and O–H groups in total. The van der Waals surface area contributed by atoms with Crippen molar-refractivity contribution in [3.8, 4) is 0 Å². The zero-order valence-corrected chi connectivity index (χ0v) is 20.6. The topological polar surface area (TPSA) is 69.7 Å². The highest BCUT2D eigenvalue weighted by Crippen LogP contribution is 2.22. The van der Waals surface area contributed by atoms with Gasteiger partial charge in [-0.1, -0.05) is 42.5 Å². The van der Waals surface area contributed by atoms with E-state index in [2.05, 4.69) is 22.3 Å². The Bertz CT molecular complexity index is 1270. The first-order chi connectivity index (χ1) is 16.8. The third-order valence-corrected chi connectivity index (χ3v) is 7.28. The van der Waals surface area contributed by atoms with Gasteiger partial charge in [0.1, 0.15) is 5.82 Å². The lowest BCUT2D eigenvalue weighted by atomic mass is 10.1. The highest BCUT2D eigenvalue weighted by atomic mass is 32.2. The minimum absolute atomic E-state index is 0.134. The maximum atomic E-state index is 14.1. The molecule has 1 aliphatic rings. The highest BCUT2D eigenvalue weighted by molar-refractivity contribution is 7.92. The van der Waals surface area contributed by atoms with E-state index in [1.54, 1.807) is 42.5 Å². The largest absolute Gasteiger partial charge is 0.348 e. The predicted octanol–water partition coefficient (Wildman–Crippen LogP) is 4.32. The molecule has 184 valence electrons. The lowest BCUT2D eigenvalue weighted by Crippen LogP contribution is -2.30. The summed E-state index contributed by atoms with van der Waals surface area (Å²) in [5, 5.41) is 2.93. The van der Waals surface area contributed by atoms with Crippen molar-refractivity contribution in [2.45, 2.75) is 32.5 Å². The van der Waals surface area contributed by atoms with E-state index in [1.807, 2.05) is 12.1 Å². The van der Waals surface area contributed by atoms with E-state index in [1.165, 1.54) is 24.5 Å². The highest BCUT2D eigenvalue weighted by Gasteiger charge is 2.20. The maximum absolute atomic E-state index is 14.1. The van der Waals surface area contributed by atoms with Crippen LogP contribution in [0.5, 0.6) is 0 Å². The lowest BCUT2D eigenvalue weighted by Gasteiger charge is -2.23. The van der Waals surface area contributed by atoms with Crippen LogP contribution in [0.2, 0.25) is 0 Å². The first-order valence-electron chi connectivity index (χ1n) is 11.7. The molecule has 0 radical (unpaired) electrons. The monoisotopic (exact) mass is 495 g/mol. The van der Waals surface area contributed by atoms with E-state index in [9.17, 15) is 17.6 Å². The first kappa shape index (κ1) is 24.9. The Hall–Kier alpha value is -3.23. The van der Waals surface area contributed by atoms with Gasteiger partial charge in [0.25, 0.3) is 5.91 Å². The average molecular weight is 496 g/mol. The van der Waals surface area contributed by atoms with Crippen LogP contribution in [0.25, 0.3) is 0 Å². The molecule has 0 saturated carbocycles. The number of benzene rings is 3. The van der Waals surface area contributed by atoms with E-state index in [4.69, 9.17) is 0 Å². The molecule has 0 unspecified atom stereocenters. The minimum Gasteiger partial charge on any atom is -0.348 e. The molecule has 0 aliphatic carbocycles. The standard InChI is InChI=1S/C27H30FN3O3S/c1-35(33,34)31(20-24-9-2-3-10-26(24)28)25-13-11-23(12-14-25)27(32)29-18-21-7-6-8-22(17-21)19-30-15-4-5-16-30/h2-3,6-14,17H,4-5,15-16,18-20H2,1H3,(H,29,32). The smallest absolute Gasteiger partial charge is 0.251 e. The molecular formula is C27H30FN3O3S. The second-order valence-corrected chi connectivity index (χ2v) is 10.8. The zero-order valence-electron chi connectivity index (χ0n) is 19.8. The lowest BCUT2D eigenvalue weighted by molar-refractivity contribution is 0.0951. The Kier molecular flexibility index (Phi) is 7.83. The molecule has 3 aromatic rings. The SMILES string of the molecule is CS(=O)(=O)N(Cc1ccccc1F)c1ccc(C(=O)NCc2cccc(CN3CCCC3)c2)cc1. The predicted molar refractivity (Wildman–Crippen MR) is 136 cm³/mol. The van der Waals surface area contributed by atoms with Crippen LogP contribution >= 0.6 is 0 Å². The number of amides is 1. The Morgan fingerprint density at radius 1 is 0.971 bits per heavy atom. The van der Waals surface area contributed by atoms with Gasteiger partial charge in [-0.25, -0.2) is 12.8 Å². The summed E-state index contributed by atoms with van der Waals surface area (Å²) in [6.45, 7) is 3.46. The molecule has 4 rings (SSSR count). The van der Waals surface area contributed by atoms with Crippen molar-refractivity contribution in [2.75, 3.05) is 23.7 Å². The van der Waals surface area contributed by atoms with Crippen LogP contribution in [-0.2, 0) is 29.7 Å². The number of nitrogens with one attached hydrogen (secondary N) is 1. The summed E-state index contributed by atoms with van der Waals surface area (Å²) >= 11 is 0. The number of anilines is 1. The fraction of sp³-hybridized carbons (Fsp3) is 0.296. The molecule has 0 aromatic heterocycles. The van der Waals surface area contributed by atoms with Gasteiger partial charge in [-0.2, -0.15) is 0 Å². The normalized spacial score (nSPS) is 14.1. The minimum atomic E-state index is -3.66. The Balaban J connectivity index is 1.40. The van der Waals surface area contributed by atoms with Crippen LogP contribution in [0.4, 0.5) is 10.1 Å². The van der Waals surface area contributed by atoms with Crippen molar-refractivity contribution in [3.63, 3.8) is 0 Å². The van der Waals surface area contributed by atoms with E-state index < -0.39 is 15.8 Å². The number of rotatable bonds is 9. The molecule has 1 heterocycles. The molecule has 1 fully saturated rings. The Morgan fingerprint density at radius 2 is 1.66 bits per heavy atom. The first-order valence-corrected chi connectivity index (χ1v) is 13.5. The quantitative estimate of drug-likeness (QED) is 0.480. The molecule has 8 heteroatoms. The van der Waals surface area contributed by atoms with E-state index in [0.717, 1.165) is 35.8 Å². The fourth-order valence-corrected chi connectivity index (χ4v) is 5.16. The second kappa shape index (κ2) is 11.0. The van der Waals surface area contributed by atoms with E-state index >= 15 is 0 Å². The van der Waals surface area contributed by atoms with Gasteiger partial charge in [-0.15, -0.1) is 0 Å². The Labute approximate surface area is 206 Å². The summed E-state index contributed by atoms with van der Waals surface area (Å²) in [5.74, 6) is -0.719. The van der Waals surface area contributed by atoms with Gasteiger partial charge in [0.05, 0.1) is 18.5 Å². The van der Waals surface area contributed by atoms with Gasteiger partial charge < -0.3 is 5.32 Å². The average Bonchev–Trinajstić information content (AvgIpc) is 3.35. The second-order valence-electron chi connectivity index (χ2n) is 8.89. The summed E-state index contributed by atoms with van der Waals surface area (Å²) < 4.78 is 40.0. The molecule has 35 heavy (non-hydrogen) atoms. The van der Waals surface area contributed by atoms with Crippen molar-refractivity contribution < 1.29 is 17.6 Å². The van der Waals surface area contributed by atoms with Crippen molar-refractivity contribution in [1.29, 1.82) is 0 Å². The van der Waals surface area contributed by atoms with Crippen molar-refractivity contribution in [3.05, 3.63) is 101 Å². The molecule has 0 atom stereocenters. The van der Waals surface area contributed by atoms with Crippen LogP contribution in [0, 0.1) is 5.82 Å². The van der Waals surface area contributed by atoms with Gasteiger partial charge in [0.15, 0.2) is 0 Å². The number of sulfonamides is 1. The van der Waals surface area contributed by atoms with Crippen LogP contribution in [0.3, 0.4) is 0 Å². The summed E-state index contributed by atoms with van der Waals surface area (Å²) in [6, 6.07) is 20.6. The summed E-state index contributed by atoms with van der Waals surface area (Å²) in [4.78, 5) is 15.1. The molecule has 3 aromatic carbocycles. The molecule has 0 bridgehead atoms. The zero-order chi connectivity index (χ0) is 24.8. The molecule has 6 nitrogen and oxygen atoms in total. The third kappa shape index (κ3) is 6.68. The van der Waals surface area contributed by atoms with Crippen LogP contribution in [0.15, 0.2) is 72.8 Å². The molecule has 1 saturated heterocycles. The van der Waals surface area contributed by atoms with Crippen molar-refractivity contribution >= 4 is 21.6 Å². The molecular weight excluding hydrogens is 465 g/mol. The number of hydrogen-bond donors (Lipinski definition) is 1. The number of carbonyl (C=O) groups is 1. The van der Waals surface area contributed by atoms with Gasteiger partial charge in [-0.05, 0) is 67.4 Å². The molecule has 1 aliphatic heterocycles. The van der Waals surface area contributed by atoms with Gasteiger partial charge in [0, 0.05) is 24.2 Å². The molecule has 1 amide bonds. The summed E-state index contributed by atoms with van der Waals surface area (Å²) in [6.07, 6.45) is 3.57. The van der Waals surface area contributed by atoms with Gasteiger partial charge in [-0.3, -0.25) is 14.0 Å². The fourth-order valence-electron chi connectivity index (χ4n) is 4.28. The van der Waals surface area contributed by atoms with E-state index in [0.29, 0.717) is 17.8 Å². The summed E-state index contributed by atoms with van der Waals surface area (Å²) in [7, 11) is -3.66. The van der Waals surface area contributed by atoms with Crippen LogP contribution in [-0.4, -0.2) is 38.6 Å². The molecule has 0 spiro atoms. The number of halogens is 1. The maximum Gasteiger partial charge on any atom is 0.251 e. The van der Waals surface area contributed by atoms with Crippen molar-refractivity contribution in [2.24, 2.45) is 0 Å². The van der Waals surface area contributed by atoms with Crippen molar-refractivity contribution in [1.82, 2.24) is 10.2 Å². The Morgan fingerprint density at radius 3 is 2.34 bits per heavy atom. The summed E-state index contributed by atoms with van der Waals surface area (Å²) in [5.41, 5.74) is 3.31. The van der Waals surface area contributed by atoms with Gasteiger partial charge >= 0.3 is 0 Å².